The molecule has 31 heavy (non-hydrogen) atoms. The lowest BCUT2D eigenvalue weighted by atomic mass is 10.0. The van der Waals surface area contributed by atoms with Crippen LogP contribution >= 0.6 is 15.9 Å². The molecule has 0 aliphatic heterocycles. The third-order valence-electron chi connectivity index (χ3n) is 5.08. The van der Waals surface area contributed by atoms with E-state index in [1.54, 1.807) is 19.2 Å². The van der Waals surface area contributed by atoms with Crippen LogP contribution in [-0.4, -0.2) is 18.0 Å². The van der Waals surface area contributed by atoms with E-state index in [0.717, 1.165) is 26.6 Å². The minimum Gasteiger partial charge on any atom is -0.497 e. The molecule has 1 N–H and O–H groups in total. The Morgan fingerprint density at radius 2 is 1.77 bits per heavy atom. The highest BCUT2D eigenvalue weighted by Crippen LogP contribution is 2.29. The van der Waals surface area contributed by atoms with Crippen molar-refractivity contribution in [3.05, 3.63) is 88.9 Å². The number of nitrogens with zero attached hydrogens (tertiary/aromatic N) is 1. The zero-order chi connectivity index (χ0) is 21.4. The summed E-state index contributed by atoms with van der Waals surface area (Å²) in [4.78, 5) is 17.6. The van der Waals surface area contributed by atoms with Gasteiger partial charge in [-0.1, -0.05) is 46.3 Å². The highest BCUT2D eigenvalue weighted by Gasteiger charge is 2.14. The lowest BCUT2D eigenvalue weighted by molar-refractivity contribution is 0.102. The van der Waals surface area contributed by atoms with E-state index in [2.05, 4.69) is 26.2 Å². The topological polar surface area (TPSA) is 64.4 Å². The zero-order valence-corrected chi connectivity index (χ0v) is 18.1. The Bertz CT molecular complexity index is 1440. The molecule has 152 valence electrons. The van der Waals surface area contributed by atoms with Crippen molar-refractivity contribution in [1.29, 1.82) is 0 Å². The molecule has 0 spiro atoms. The number of rotatable bonds is 4. The molecule has 5 rings (SSSR count). The van der Waals surface area contributed by atoms with E-state index in [9.17, 15) is 4.79 Å². The highest BCUT2D eigenvalue weighted by molar-refractivity contribution is 9.10. The minimum absolute atomic E-state index is 0.181. The number of hydrogen-bond acceptors (Lipinski definition) is 4. The van der Waals surface area contributed by atoms with Crippen LogP contribution in [0.3, 0.4) is 0 Å². The second-order valence-electron chi connectivity index (χ2n) is 7.03. The summed E-state index contributed by atoms with van der Waals surface area (Å²) in [6, 6.07) is 24.5. The van der Waals surface area contributed by atoms with Gasteiger partial charge in [0.05, 0.1) is 7.11 Å². The van der Waals surface area contributed by atoms with Crippen molar-refractivity contribution in [3.63, 3.8) is 0 Å². The van der Waals surface area contributed by atoms with Gasteiger partial charge in [0.2, 0.25) is 5.89 Å². The van der Waals surface area contributed by atoms with Crippen molar-refractivity contribution in [2.45, 2.75) is 0 Å². The largest absolute Gasteiger partial charge is 0.497 e. The van der Waals surface area contributed by atoms with Gasteiger partial charge in [-0.2, -0.15) is 0 Å². The average molecular weight is 473 g/mol. The molecule has 0 atom stereocenters. The molecular formula is C25H17BrN2O3. The first-order valence-electron chi connectivity index (χ1n) is 9.66. The Hall–Kier alpha value is -3.64. The molecule has 0 saturated heterocycles. The number of carbonyl (C=O) groups excluding carboxylic acids is 1. The van der Waals surface area contributed by atoms with Crippen molar-refractivity contribution in [3.8, 4) is 17.2 Å². The van der Waals surface area contributed by atoms with Crippen LogP contribution in [0.25, 0.3) is 33.3 Å². The Balaban J connectivity index is 1.46. The Morgan fingerprint density at radius 3 is 2.65 bits per heavy atom. The summed E-state index contributed by atoms with van der Waals surface area (Å²) in [5.74, 6) is 1.05. The molecule has 0 aliphatic rings. The fourth-order valence-electron chi connectivity index (χ4n) is 3.55. The second kappa shape index (κ2) is 7.89. The number of aromatic nitrogens is 1. The van der Waals surface area contributed by atoms with Crippen LogP contribution in [0, 0.1) is 0 Å². The standard InChI is InChI=1S/C25H17BrN2O3/c1-30-17-6-2-5-15(13-17)25-28-22-14-16(11-12-23(22)31-25)27-24(29)20-9-3-8-19-18(20)7-4-10-21(19)26/h2-14H,1H3,(H,27,29). The van der Waals surface area contributed by atoms with Crippen molar-refractivity contribution in [1.82, 2.24) is 4.98 Å². The summed E-state index contributed by atoms with van der Waals surface area (Å²) < 4.78 is 12.1. The third kappa shape index (κ3) is 3.66. The lowest BCUT2D eigenvalue weighted by Gasteiger charge is -2.09. The molecular weight excluding hydrogens is 456 g/mol. The van der Waals surface area contributed by atoms with Crippen LogP contribution < -0.4 is 10.1 Å². The molecule has 5 aromatic rings. The molecule has 5 nitrogen and oxygen atoms in total. The van der Waals surface area contributed by atoms with Gasteiger partial charge in [-0.05, 0) is 59.3 Å². The number of carbonyl (C=O) groups is 1. The number of hydrogen-bond donors (Lipinski definition) is 1. The number of nitrogens with one attached hydrogen (secondary N) is 1. The van der Waals surface area contributed by atoms with Crippen LogP contribution in [0.4, 0.5) is 5.69 Å². The predicted octanol–water partition coefficient (Wildman–Crippen LogP) is 6.67. The van der Waals surface area contributed by atoms with Crippen molar-refractivity contribution < 1.29 is 13.9 Å². The number of benzene rings is 4. The number of ether oxygens (including phenoxy) is 1. The van der Waals surface area contributed by atoms with Gasteiger partial charge in [0.25, 0.3) is 5.91 Å². The van der Waals surface area contributed by atoms with Gasteiger partial charge < -0.3 is 14.5 Å². The van der Waals surface area contributed by atoms with E-state index in [4.69, 9.17) is 9.15 Å². The van der Waals surface area contributed by atoms with E-state index in [1.807, 2.05) is 66.7 Å². The van der Waals surface area contributed by atoms with Gasteiger partial charge in [-0.15, -0.1) is 0 Å². The van der Waals surface area contributed by atoms with Crippen LogP contribution in [0.2, 0.25) is 0 Å². The summed E-state index contributed by atoms with van der Waals surface area (Å²) in [6.45, 7) is 0. The van der Waals surface area contributed by atoms with E-state index < -0.39 is 0 Å². The molecule has 0 aliphatic carbocycles. The van der Waals surface area contributed by atoms with Gasteiger partial charge in [0.1, 0.15) is 11.3 Å². The maximum atomic E-state index is 13.0. The molecule has 1 amide bonds. The maximum absolute atomic E-state index is 13.0. The molecule has 1 heterocycles. The second-order valence-corrected chi connectivity index (χ2v) is 7.88. The Labute approximate surface area is 186 Å². The summed E-state index contributed by atoms with van der Waals surface area (Å²) >= 11 is 3.55. The summed E-state index contributed by atoms with van der Waals surface area (Å²) in [7, 11) is 1.62. The van der Waals surface area contributed by atoms with Crippen LogP contribution in [0.1, 0.15) is 10.4 Å². The number of amides is 1. The Kier molecular flexibility index (Phi) is 4.92. The first kappa shape index (κ1) is 19.3. The van der Waals surface area contributed by atoms with E-state index in [1.165, 1.54) is 0 Å². The molecule has 0 radical (unpaired) electrons. The first-order chi connectivity index (χ1) is 15.1. The molecule has 0 saturated carbocycles. The van der Waals surface area contributed by atoms with Gasteiger partial charge in [0.15, 0.2) is 5.58 Å². The quantitative estimate of drug-likeness (QED) is 0.317. The van der Waals surface area contributed by atoms with E-state index in [0.29, 0.717) is 28.2 Å². The number of oxazole rings is 1. The van der Waals surface area contributed by atoms with Crippen LogP contribution in [0.15, 0.2) is 87.8 Å². The molecule has 0 unspecified atom stereocenters. The maximum Gasteiger partial charge on any atom is 0.256 e. The van der Waals surface area contributed by atoms with Gasteiger partial charge in [-0.3, -0.25) is 4.79 Å². The number of anilines is 1. The van der Waals surface area contributed by atoms with Gasteiger partial charge >= 0.3 is 0 Å². The predicted molar refractivity (Wildman–Crippen MR) is 126 cm³/mol. The van der Waals surface area contributed by atoms with Gasteiger partial charge in [-0.25, -0.2) is 4.98 Å². The minimum atomic E-state index is -0.181. The van der Waals surface area contributed by atoms with Crippen LogP contribution in [-0.2, 0) is 0 Å². The fraction of sp³-hybridized carbons (Fsp3) is 0.0400. The fourth-order valence-corrected chi connectivity index (χ4v) is 4.05. The van der Waals surface area contributed by atoms with Crippen LogP contribution in [0.5, 0.6) is 5.75 Å². The molecule has 6 heteroatoms. The number of methoxy groups -OCH3 is 1. The summed E-state index contributed by atoms with van der Waals surface area (Å²) in [5.41, 5.74) is 3.38. The van der Waals surface area contributed by atoms with E-state index >= 15 is 0 Å². The average Bonchev–Trinajstić information content (AvgIpc) is 3.22. The number of halogens is 1. The third-order valence-corrected chi connectivity index (χ3v) is 5.77. The van der Waals surface area contributed by atoms with Crippen molar-refractivity contribution in [2.24, 2.45) is 0 Å². The lowest BCUT2D eigenvalue weighted by Crippen LogP contribution is -2.12. The van der Waals surface area contributed by atoms with Crippen molar-refractivity contribution >= 4 is 49.4 Å². The Morgan fingerprint density at radius 1 is 0.968 bits per heavy atom. The zero-order valence-electron chi connectivity index (χ0n) is 16.6. The molecule has 0 fully saturated rings. The molecule has 0 bridgehead atoms. The molecule has 1 aromatic heterocycles. The van der Waals surface area contributed by atoms with E-state index in [-0.39, 0.29) is 5.91 Å². The SMILES string of the molecule is COc1cccc(-c2nc3cc(NC(=O)c4cccc5c(Br)cccc45)ccc3o2)c1. The monoisotopic (exact) mass is 472 g/mol. The normalized spacial score (nSPS) is 11.0. The van der Waals surface area contributed by atoms with Crippen molar-refractivity contribution in [2.75, 3.05) is 12.4 Å². The summed E-state index contributed by atoms with van der Waals surface area (Å²) in [6.07, 6.45) is 0. The summed E-state index contributed by atoms with van der Waals surface area (Å²) in [5, 5.41) is 4.85. The smallest absolute Gasteiger partial charge is 0.256 e. The first-order valence-corrected chi connectivity index (χ1v) is 10.5. The number of fused-ring (bicyclic) bond motifs is 2. The highest BCUT2D eigenvalue weighted by atomic mass is 79.9. The molecule has 4 aromatic carbocycles. The van der Waals surface area contributed by atoms with Gasteiger partial charge in [0, 0.05) is 21.3 Å².